The summed E-state index contributed by atoms with van der Waals surface area (Å²) in [5.41, 5.74) is 0.982. The molecule has 150 valence electrons. The summed E-state index contributed by atoms with van der Waals surface area (Å²) in [5, 5.41) is 10.2. The molecule has 1 aromatic heterocycles. The maximum atomic E-state index is 9.52. The molecule has 1 fully saturated rings. The predicted molar refractivity (Wildman–Crippen MR) is 113 cm³/mol. The van der Waals surface area contributed by atoms with Crippen molar-refractivity contribution < 1.29 is 14.6 Å². The lowest BCUT2D eigenvalue weighted by atomic mass is 10.0. The van der Waals surface area contributed by atoms with E-state index in [1.165, 1.54) is 12.8 Å². The predicted octanol–water partition coefficient (Wildman–Crippen LogP) is 4.49. The third-order valence-electron chi connectivity index (χ3n) is 5.42. The van der Waals surface area contributed by atoms with E-state index < -0.39 is 0 Å². The van der Waals surface area contributed by atoms with Crippen molar-refractivity contribution in [3.63, 3.8) is 0 Å². The van der Waals surface area contributed by atoms with Crippen LogP contribution in [0.1, 0.15) is 38.5 Å². The molecule has 1 aliphatic heterocycles. The summed E-state index contributed by atoms with van der Waals surface area (Å²) in [6, 6.07) is 8.39. The molecule has 4 rings (SSSR count). The number of hydrogen-bond donors (Lipinski definition) is 1. The molecule has 2 aromatic rings. The number of likely N-dealkylation sites (tertiary alicyclic amines) is 1. The minimum absolute atomic E-state index is 0.248. The van der Waals surface area contributed by atoms with E-state index in [-0.39, 0.29) is 6.61 Å². The number of rotatable bonds is 7. The van der Waals surface area contributed by atoms with E-state index >= 15 is 0 Å². The van der Waals surface area contributed by atoms with Crippen molar-refractivity contribution in [3.8, 4) is 5.19 Å². The molecule has 1 atom stereocenters. The third-order valence-corrected chi connectivity index (χ3v) is 6.33. The molecule has 6 heteroatoms. The summed E-state index contributed by atoms with van der Waals surface area (Å²) in [6.07, 6.45) is 10.4. The topological polar surface area (TPSA) is 54.8 Å². The van der Waals surface area contributed by atoms with E-state index in [4.69, 9.17) is 9.47 Å². The highest BCUT2D eigenvalue weighted by Crippen LogP contribution is 2.30. The summed E-state index contributed by atoms with van der Waals surface area (Å²) >= 11 is 1.58. The van der Waals surface area contributed by atoms with E-state index in [1.54, 1.807) is 11.3 Å². The molecule has 2 aliphatic rings. The van der Waals surface area contributed by atoms with Crippen molar-refractivity contribution in [1.82, 2.24) is 9.88 Å². The number of nitrogens with zero attached hydrogens (tertiary/aromatic N) is 2. The first-order chi connectivity index (χ1) is 13.8. The van der Waals surface area contributed by atoms with Gasteiger partial charge in [0.05, 0.1) is 22.6 Å². The van der Waals surface area contributed by atoms with Crippen LogP contribution >= 0.6 is 11.3 Å². The lowest BCUT2D eigenvalue weighted by Gasteiger charge is -2.34. The molecule has 1 N–H and O–H groups in total. The minimum atomic E-state index is 0.248. The average Bonchev–Trinajstić information content (AvgIpc) is 3.00. The highest BCUT2D eigenvalue weighted by Gasteiger charge is 2.21. The molecule has 1 aliphatic carbocycles. The van der Waals surface area contributed by atoms with Crippen LogP contribution < -0.4 is 4.74 Å². The van der Waals surface area contributed by atoms with Gasteiger partial charge in [0.2, 0.25) is 0 Å². The number of ether oxygens (including phenoxy) is 2. The number of aliphatic hydroxyl groups is 1. The highest BCUT2D eigenvalue weighted by atomic mass is 32.1. The number of thiazole rings is 1. The fourth-order valence-corrected chi connectivity index (χ4v) is 4.70. The molecular formula is C22H28N2O3S. The van der Waals surface area contributed by atoms with Gasteiger partial charge < -0.3 is 14.6 Å². The second-order valence-electron chi connectivity index (χ2n) is 7.39. The number of allylic oxidation sites excluding steroid dienone is 4. The zero-order valence-electron chi connectivity index (χ0n) is 16.2. The molecule has 1 aromatic carbocycles. The first kappa shape index (κ1) is 19.4. The summed E-state index contributed by atoms with van der Waals surface area (Å²) in [5.74, 6) is 1.95. The standard InChI is InChI=1S/C22H28N2O3S/c25-16-17-6-3-4-13-24(17)14-15-26-18-7-5-8-19(12-11-18)27-22-23-20-9-1-2-10-21(20)28-22/h1-2,9-12,17,25H,3-8,13-16H2. The van der Waals surface area contributed by atoms with Crippen molar-refractivity contribution in [3.05, 3.63) is 47.9 Å². The maximum absolute atomic E-state index is 9.52. The van der Waals surface area contributed by atoms with Gasteiger partial charge in [0, 0.05) is 25.4 Å². The van der Waals surface area contributed by atoms with Gasteiger partial charge in [-0.2, -0.15) is 0 Å². The zero-order chi connectivity index (χ0) is 19.2. The smallest absolute Gasteiger partial charge is 0.279 e. The molecule has 0 amide bonds. The Morgan fingerprint density at radius 1 is 1.11 bits per heavy atom. The number of piperidine rings is 1. The zero-order valence-corrected chi connectivity index (χ0v) is 17.0. The van der Waals surface area contributed by atoms with Crippen LogP contribution in [0.15, 0.2) is 47.9 Å². The van der Waals surface area contributed by atoms with E-state index in [9.17, 15) is 5.11 Å². The molecular weight excluding hydrogens is 372 g/mol. The van der Waals surface area contributed by atoms with E-state index in [0.717, 1.165) is 60.5 Å². The van der Waals surface area contributed by atoms with Crippen LogP contribution in [0, 0.1) is 0 Å². The largest absolute Gasteiger partial charge is 0.497 e. The van der Waals surface area contributed by atoms with Crippen LogP contribution in [0.2, 0.25) is 0 Å². The van der Waals surface area contributed by atoms with Gasteiger partial charge in [0.25, 0.3) is 5.19 Å². The monoisotopic (exact) mass is 400 g/mol. The number of para-hydroxylation sites is 1. The summed E-state index contributed by atoms with van der Waals surface area (Å²) < 4.78 is 13.2. The van der Waals surface area contributed by atoms with Crippen LogP contribution in [-0.2, 0) is 4.74 Å². The molecule has 1 unspecified atom stereocenters. The quantitative estimate of drug-likeness (QED) is 0.742. The normalized spacial score (nSPS) is 21.1. The van der Waals surface area contributed by atoms with Gasteiger partial charge >= 0.3 is 0 Å². The Labute approximate surface area is 170 Å². The fraction of sp³-hybridized carbons (Fsp3) is 0.500. The second kappa shape index (κ2) is 9.54. The number of fused-ring (bicyclic) bond motifs is 1. The van der Waals surface area contributed by atoms with E-state index in [1.807, 2.05) is 30.4 Å². The Kier molecular flexibility index (Phi) is 6.62. The van der Waals surface area contributed by atoms with Crippen molar-refractivity contribution in [2.45, 2.75) is 44.6 Å². The number of aromatic nitrogens is 1. The van der Waals surface area contributed by atoms with Crippen molar-refractivity contribution in [2.75, 3.05) is 26.3 Å². The molecule has 0 spiro atoms. The van der Waals surface area contributed by atoms with Crippen molar-refractivity contribution in [1.29, 1.82) is 0 Å². The van der Waals surface area contributed by atoms with Crippen molar-refractivity contribution >= 4 is 21.6 Å². The Morgan fingerprint density at radius 2 is 1.96 bits per heavy atom. The first-order valence-corrected chi connectivity index (χ1v) is 11.0. The first-order valence-electron chi connectivity index (χ1n) is 10.2. The molecule has 0 bridgehead atoms. The van der Waals surface area contributed by atoms with Crippen LogP contribution in [0.3, 0.4) is 0 Å². The number of benzene rings is 1. The van der Waals surface area contributed by atoms with E-state index in [0.29, 0.717) is 17.8 Å². The van der Waals surface area contributed by atoms with Gasteiger partial charge in [-0.3, -0.25) is 4.90 Å². The number of aliphatic hydroxyl groups excluding tert-OH is 1. The van der Waals surface area contributed by atoms with Crippen LogP contribution in [0.25, 0.3) is 10.2 Å². The van der Waals surface area contributed by atoms with Gasteiger partial charge in [-0.15, -0.1) is 0 Å². The SMILES string of the molecule is OCC1CCCCN1CCOC1=CC=C(Oc2nc3ccccc3s2)CCC1. The lowest BCUT2D eigenvalue weighted by molar-refractivity contribution is 0.0646. The van der Waals surface area contributed by atoms with Gasteiger partial charge in [-0.1, -0.05) is 29.9 Å². The molecule has 1 saturated heterocycles. The molecule has 5 nitrogen and oxygen atoms in total. The Bertz CT molecular complexity index is 812. The van der Waals surface area contributed by atoms with Crippen LogP contribution in [0.4, 0.5) is 0 Å². The average molecular weight is 401 g/mol. The molecule has 0 saturated carbocycles. The van der Waals surface area contributed by atoms with E-state index in [2.05, 4.69) is 16.0 Å². The summed E-state index contributed by atoms with van der Waals surface area (Å²) in [7, 11) is 0. The molecule has 0 radical (unpaired) electrons. The van der Waals surface area contributed by atoms with Crippen molar-refractivity contribution in [2.24, 2.45) is 0 Å². The van der Waals surface area contributed by atoms with Crippen LogP contribution in [-0.4, -0.2) is 47.3 Å². The van der Waals surface area contributed by atoms with Crippen LogP contribution in [0.5, 0.6) is 5.19 Å². The Morgan fingerprint density at radius 3 is 2.86 bits per heavy atom. The lowest BCUT2D eigenvalue weighted by Crippen LogP contribution is -2.43. The fourth-order valence-electron chi connectivity index (χ4n) is 3.86. The third kappa shape index (κ3) is 4.93. The molecule has 2 heterocycles. The minimum Gasteiger partial charge on any atom is -0.497 e. The van der Waals surface area contributed by atoms with Gasteiger partial charge in [0.15, 0.2) is 0 Å². The maximum Gasteiger partial charge on any atom is 0.279 e. The highest BCUT2D eigenvalue weighted by molar-refractivity contribution is 7.20. The van der Waals surface area contributed by atoms with Gasteiger partial charge in [-0.25, -0.2) is 4.98 Å². The van der Waals surface area contributed by atoms with Gasteiger partial charge in [-0.05, 0) is 50.1 Å². The van der Waals surface area contributed by atoms with Gasteiger partial charge in [0.1, 0.15) is 12.4 Å². The summed E-state index contributed by atoms with van der Waals surface area (Å²) in [6.45, 7) is 2.86. The Balaban J connectivity index is 1.30. The number of hydrogen-bond acceptors (Lipinski definition) is 6. The molecule has 28 heavy (non-hydrogen) atoms. The summed E-state index contributed by atoms with van der Waals surface area (Å²) in [4.78, 5) is 6.91. The second-order valence-corrected chi connectivity index (χ2v) is 8.38. The Hall–Kier alpha value is -1.89.